The van der Waals surface area contributed by atoms with Gasteiger partial charge in [0.05, 0.1) is 5.57 Å². The lowest BCUT2D eigenvalue weighted by atomic mass is 10.1. The number of halogens is 1. The number of nitrogens with one attached hydrogen (secondary N) is 1. The molecule has 2 aromatic carbocycles. The van der Waals surface area contributed by atoms with E-state index in [2.05, 4.69) is 5.32 Å². The van der Waals surface area contributed by atoms with Gasteiger partial charge in [-0.1, -0.05) is 35.9 Å². The van der Waals surface area contributed by atoms with Crippen molar-refractivity contribution in [1.29, 1.82) is 0 Å². The van der Waals surface area contributed by atoms with Crippen LogP contribution >= 0.6 is 11.6 Å². The first kappa shape index (κ1) is 16.4. The Morgan fingerprint density at radius 3 is 2.58 bits per heavy atom. The van der Waals surface area contributed by atoms with Crippen LogP contribution < -0.4 is 5.32 Å². The van der Waals surface area contributed by atoms with Crippen molar-refractivity contribution in [2.75, 3.05) is 5.32 Å². The van der Waals surface area contributed by atoms with Crippen molar-refractivity contribution in [3.05, 3.63) is 76.5 Å². The normalized spacial score (nSPS) is 14.4. The molecule has 1 aliphatic heterocycles. The van der Waals surface area contributed by atoms with Gasteiger partial charge in [-0.3, -0.25) is 9.59 Å². The number of hydrogen-bond donors (Lipinski definition) is 1. The third kappa shape index (κ3) is 2.95. The Balaban J connectivity index is 1.67. The lowest BCUT2D eigenvalue weighted by Crippen LogP contribution is -2.03. The molecule has 3 aromatic rings. The third-order valence-corrected chi connectivity index (χ3v) is 4.49. The third-order valence-electron chi connectivity index (χ3n) is 4.25. The highest BCUT2D eigenvalue weighted by Crippen LogP contribution is 2.35. The van der Waals surface area contributed by atoms with E-state index in [1.54, 1.807) is 42.5 Å². The molecule has 1 aliphatic rings. The van der Waals surface area contributed by atoms with Gasteiger partial charge in [0, 0.05) is 27.4 Å². The number of carbonyl (C=O) groups is 2. The summed E-state index contributed by atoms with van der Waals surface area (Å²) in [5.74, 6) is 1.06. The van der Waals surface area contributed by atoms with Crippen LogP contribution in [0.5, 0.6) is 0 Å². The number of furan rings is 1. The van der Waals surface area contributed by atoms with Crippen LogP contribution in [0.3, 0.4) is 0 Å². The van der Waals surface area contributed by atoms with Gasteiger partial charge in [0.2, 0.25) is 0 Å². The summed E-state index contributed by atoms with van der Waals surface area (Å²) in [6.07, 6.45) is 1.70. The van der Waals surface area contributed by atoms with Crippen LogP contribution in [-0.4, -0.2) is 11.7 Å². The van der Waals surface area contributed by atoms with Crippen molar-refractivity contribution in [3.8, 4) is 11.3 Å². The predicted octanol–water partition coefficient (Wildman–Crippen LogP) is 5.30. The molecule has 0 saturated carbocycles. The van der Waals surface area contributed by atoms with Crippen LogP contribution in [0.4, 0.5) is 5.69 Å². The van der Waals surface area contributed by atoms with Gasteiger partial charge in [-0.2, -0.15) is 0 Å². The number of carbonyl (C=O) groups excluding carboxylic acids is 2. The summed E-state index contributed by atoms with van der Waals surface area (Å²) >= 11 is 6.04. The Hall–Kier alpha value is -3.11. The minimum atomic E-state index is -0.189. The van der Waals surface area contributed by atoms with Gasteiger partial charge < -0.3 is 9.73 Å². The van der Waals surface area contributed by atoms with Crippen LogP contribution in [0.1, 0.15) is 28.6 Å². The molecule has 1 aromatic heterocycles. The molecule has 128 valence electrons. The van der Waals surface area contributed by atoms with Gasteiger partial charge in [-0.25, -0.2) is 0 Å². The largest absolute Gasteiger partial charge is 0.457 e. The highest BCUT2D eigenvalue weighted by molar-refractivity contribution is 6.36. The zero-order valence-electron chi connectivity index (χ0n) is 13.9. The molecule has 0 unspecified atom stereocenters. The van der Waals surface area contributed by atoms with Crippen molar-refractivity contribution in [2.45, 2.75) is 6.92 Å². The minimum absolute atomic E-state index is 0.0194. The maximum atomic E-state index is 12.2. The van der Waals surface area contributed by atoms with Crippen LogP contribution in [0.2, 0.25) is 5.02 Å². The standard InChI is InChI=1S/C21H14ClNO3/c1-12(24)13-2-4-14(5-3-13)20-9-7-16(26-20)11-18-17-10-15(22)6-8-19(17)23-21(18)25/h2-11H,1H3,(H,23,25)/b18-11+. The first-order chi connectivity index (χ1) is 12.5. The molecule has 2 heterocycles. The molecular weight excluding hydrogens is 350 g/mol. The number of hydrogen-bond acceptors (Lipinski definition) is 3. The second-order valence-electron chi connectivity index (χ2n) is 6.04. The lowest BCUT2D eigenvalue weighted by Gasteiger charge is -2.00. The Kier molecular flexibility index (Phi) is 3.98. The summed E-state index contributed by atoms with van der Waals surface area (Å²) in [7, 11) is 0. The molecule has 5 heteroatoms. The van der Waals surface area contributed by atoms with Gasteiger partial charge >= 0.3 is 0 Å². The van der Waals surface area contributed by atoms with Crippen LogP contribution in [0.25, 0.3) is 23.0 Å². The minimum Gasteiger partial charge on any atom is -0.457 e. The summed E-state index contributed by atoms with van der Waals surface area (Å²) < 4.78 is 5.85. The maximum Gasteiger partial charge on any atom is 0.256 e. The fraction of sp³-hybridized carbons (Fsp3) is 0.0476. The van der Waals surface area contributed by atoms with Gasteiger partial charge in [0.15, 0.2) is 5.78 Å². The number of ketones is 1. The van der Waals surface area contributed by atoms with E-state index in [4.69, 9.17) is 16.0 Å². The number of amides is 1. The molecular formula is C21H14ClNO3. The fourth-order valence-corrected chi connectivity index (χ4v) is 3.07. The Bertz CT molecular complexity index is 1060. The predicted molar refractivity (Wildman–Crippen MR) is 102 cm³/mol. The van der Waals surface area contributed by atoms with Crippen LogP contribution in [-0.2, 0) is 4.79 Å². The van der Waals surface area contributed by atoms with E-state index in [0.717, 1.165) is 16.8 Å². The monoisotopic (exact) mass is 363 g/mol. The molecule has 0 fully saturated rings. The van der Waals surface area contributed by atoms with E-state index < -0.39 is 0 Å². The van der Waals surface area contributed by atoms with Gasteiger partial charge in [0.25, 0.3) is 5.91 Å². The molecule has 0 spiro atoms. The van der Waals surface area contributed by atoms with Crippen molar-refractivity contribution in [3.63, 3.8) is 0 Å². The molecule has 0 saturated heterocycles. The molecule has 0 atom stereocenters. The highest BCUT2D eigenvalue weighted by Gasteiger charge is 2.24. The molecule has 0 aliphatic carbocycles. The maximum absolute atomic E-state index is 12.2. The summed E-state index contributed by atoms with van der Waals surface area (Å²) in [5.41, 5.74) is 3.51. The zero-order valence-corrected chi connectivity index (χ0v) is 14.6. The van der Waals surface area contributed by atoms with E-state index in [1.165, 1.54) is 6.92 Å². The summed E-state index contributed by atoms with van der Waals surface area (Å²) in [6, 6.07) is 16.1. The number of fused-ring (bicyclic) bond motifs is 1. The number of anilines is 1. The molecule has 1 N–H and O–H groups in total. The Labute approximate surface area is 155 Å². The van der Waals surface area contributed by atoms with E-state index in [1.807, 2.05) is 18.2 Å². The number of benzene rings is 2. The topological polar surface area (TPSA) is 59.3 Å². The molecule has 4 rings (SSSR count). The second-order valence-corrected chi connectivity index (χ2v) is 6.47. The van der Waals surface area contributed by atoms with E-state index >= 15 is 0 Å². The quantitative estimate of drug-likeness (QED) is 0.507. The zero-order chi connectivity index (χ0) is 18.3. The number of Topliss-reactive ketones (excluding diaryl/α,β-unsaturated/α-hetero) is 1. The average molecular weight is 364 g/mol. The second kappa shape index (κ2) is 6.32. The first-order valence-electron chi connectivity index (χ1n) is 8.05. The van der Waals surface area contributed by atoms with Crippen molar-refractivity contribution >= 4 is 40.6 Å². The van der Waals surface area contributed by atoms with Gasteiger partial charge in [-0.15, -0.1) is 0 Å². The van der Waals surface area contributed by atoms with Crippen molar-refractivity contribution in [1.82, 2.24) is 0 Å². The Morgan fingerprint density at radius 2 is 1.85 bits per heavy atom. The van der Waals surface area contributed by atoms with E-state index in [-0.39, 0.29) is 11.7 Å². The summed E-state index contributed by atoms with van der Waals surface area (Å²) in [4.78, 5) is 23.6. The smallest absolute Gasteiger partial charge is 0.256 e. The Morgan fingerprint density at radius 1 is 1.08 bits per heavy atom. The summed E-state index contributed by atoms with van der Waals surface area (Å²) in [6.45, 7) is 1.53. The van der Waals surface area contributed by atoms with Crippen molar-refractivity contribution in [2.24, 2.45) is 0 Å². The first-order valence-corrected chi connectivity index (χ1v) is 8.43. The van der Waals surface area contributed by atoms with Crippen molar-refractivity contribution < 1.29 is 14.0 Å². The molecule has 0 bridgehead atoms. The summed E-state index contributed by atoms with van der Waals surface area (Å²) in [5, 5.41) is 3.38. The van der Waals surface area contributed by atoms with Gasteiger partial charge in [0.1, 0.15) is 11.5 Å². The molecule has 26 heavy (non-hydrogen) atoms. The van der Waals surface area contributed by atoms with Crippen LogP contribution in [0.15, 0.2) is 59.0 Å². The van der Waals surface area contributed by atoms with Crippen LogP contribution in [0, 0.1) is 0 Å². The molecule has 1 amide bonds. The average Bonchev–Trinajstić information content (AvgIpc) is 3.21. The lowest BCUT2D eigenvalue weighted by molar-refractivity contribution is -0.110. The fourth-order valence-electron chi connectivity index (χ4n) is 2.90. The van der Waals surface area contributed by atoms with Gasteiger partial charge in [-0.05, 0) is 43.3 Å². The number of rotatable bonds is 3. The van der Waals surface area contributed by atoms with E-state index in [0.29, 0.717) is 27.7 Å². The SMILES string of the molecule is CC(=O)c1ccc(-c2ccc(/C=C3/C(=O)Nc4ccc(Cl)cc43)o2)cc1. The molecule has 4 nitrogen and oxygen atoms in total. The van der Waals surface area contributed by atoms with E-state index in [9.17, 15) is 9.59 Å². The molecule has 0 radical (unpaired) electrons. The highest BCUT2D eigenvalue weighted by atomic mass is 35.5.